The van der Waals surface area contributed by atoms with E-state index in [1.165, 1.54) is 17.7 Å². The summed E-state index contributed by atoms with van der Waals surface area (Å²) in [7, 11) is 1.88. The molecule has 0 amide bonds. The molecule has 138 valence electrons. The van der Waals surface area contributed by atoms with Crippen LogP contribution in [0, 0.1) is 5.92 Å². The molecule has 1 fully saturated rings. The Balaban J connectivity index is 1.64. The molecule has 2 heterocycles. The first kappa shape index (κ1) is 18.2. The maximum Gasteiger partial charge on any atom is 0.198 e. The topological polar surface area (TPSA) is 40.1 Å². The van der Waals surface area contributed by atoms with Crippen molar-refractivity contribution in [2.24, 2.45) is 10.9 Å². The number of guanidine groups is 1. The molecule has 1 saturated heterocycles. The molecule has 2 aliphatic heterocycles. The van der Waals surface area contributed by atoms with Gasteiger partial charge in [-0.15, -0.1) is 0 Å². The zero-order valence-electron chi connectivity index (χ0n) is 15.9. The predicted molar refractivity (Wildman–Crippen MR) is 104 cm³/mol. The van der Waals surface area contributed by atoms with Crippen LogP contribution in [-0.2, 0) is 11.2 Å². The van der Waals surface area contributed by atoms with Crippen molar-refractivity contribution in [2.45, 2.75) is 32.7 Å². The second-order valence-electron chi connectivity index (χ2n) is 7.39. The van der Waals surface area contributed by atoms with Crippen molar-refractivity contribution in [1.29, 1.82) is 0 Å². The quantitative estimate of drug-likeness (QED) is 0.658. The number of hydrogen-bond acceptors (Lipinski definition) is 3. The Morgan fingerprint density at radius 3 is 2.68 bits per heavy atom. The Morgan fingerprint density at radius 1 is 1.20 bits per heavy atom. The summed E-state index contributed by atoms with van der Waals surface area (Å²) in [4.78, 5) is 9.45. The van der Waals surface area contributed by atoms with E-state index in [0.717, 1.165) is 51.8 Å². The molecule has 1 atom stereocenters. The first-order valence-corrected chi connectivity index (χ1v) is 9.57. The van der Waals surface area contributed by atoms with Crippen LogP contribution in [0.1, 0.15) is 25.8 Å². The largest absolute Gasteiger partial charge is 0.379 e. The minimum Gasteiger partial charge on any atom is -0.379 e. The lowest BCUT2D eigenvalue weighted by atomic mass is 10.0. The second kappa shape index (κ2) is 8.68. The van der Waals surface area contributed by atoms with Gasteiger partial charge in [0, 0.05) is 45.0 Å². The molecule has 1 aromatic carbocycles. The molecule has 1 unspecified atom stereocenters. The summed E-state index contributed by atoms with van der Waals surface area (Å²) in [6.07, 6.45) is 2.29. The first-order valence-electron chi connectivity index (χ1n) is 9.57. The Kier molecular flexibility index (Phi) is 6.32. The summed E-state index contributed by atoms with van der Waals surface area (Å²) in [5, 5.41) is 3.65. The van der Waals surface area contributed by atoms with Gasteiger partial charge in [-0.3, -0.25) is 9.89 Å². The van der Waals surface area contributed by atoms with Crippen LogP contribution in [0.4, 0.5) is 5.69 Å². The van der Waals surface area contributed by atoms with Crippen molar-refractivity contribution >= 4 is 11.6 Å². The van der Waals surface area contributed by atoms with Gasteiger partial charge in [-0.1, -0.05) is 32.0 Å². The lowest BCUT2D eigenvalue weighted by molar-refractivity contribution is 0.0133. The molecule has 5 nitrogen and oxygen atoms in total. The third-order valence-electron chi connectivity index (χ3n) is 5.16. The molecular formula is C20H32N4O. The van der Waals surface area contributed by atoms with Gasteiger partial charge in [-0.25, -0.2) is 0 Å². The van der Waals surface area contributed by atoms with Crippen molar-refractivity contribution in [3.8, 4) is 0 Å². The van der Waals surface area contributed by atoms with E-state index in [-0.39, 0.29) is 0 Å². The number of hydrogen-bond donors (Lipinski definition) is 1. The number of aliphatic imine (C=N–C) groups is 1. The van der Waals surface area contributed by atoms with E-state index in [4.69, 9.17) is 4.74 Å². The Bertz CT molecular complexity index is 581. The number of para-hydroxylation sites is 1. The van der Waals surface area contributed by atoms with Crippen molar-refractivity contribution in [2.75, 3.05) is 51.3 Å². The molecule has 3 rings (SSSR count). The number of rotatable bonds is 5. The van der Waals surface area contributed by atoms with Crippen molar-refractivity contribution in [3.05, 3.63) is 29.8 Å². The Labute approximate surface area is 152 Å². The number of nitrogens with zero attached hydrogens (tertiary/aromatic N) is 3. The van der Waals surface area contributed by atoms with Gasteiger partial charge in [0.2, 0.25) is 0 Å². The Morgan fingerprint density at radius 2 is 1.96 bits per heavy atom. The smallest absolute Gasteiger partial charge is 0.198 e. The molecule has 0 saturated carbocycles. The fourth-order valence-corrected chi connectivity index (χ4v) is 3.91. The summed E-state index contributed by atoms with van der Waals surface area (Å²) in [5.41, 5.74) is 2.71. The van der Waals surface area contributed by atoms with Gasteiger partial charge in [-0.05, 0) is 30.4 Å². The van der Waals surface area contributed by atoms with E-state index in [1.807, 2.05) is 7.05 Å². The van der Waals surface area contributed by atoms with Crippen LogP contribution in [0.2, 0.25) is 0 Å². The lowest BCUT2D eigenvalue weighted by Gasteiger charge is -2.36. The molecule has 0 bridgehead atoms. The maximum absolute atomic E-state index is 5.53. The molecule has 0 radical (unpaired) electrons. The monoisotopic (exact) mass is 344 g/mol. The second-order valence-corrected chi connectivity index (χ2v) is 7.39. The average molecular weight is 345 g/mol. The third kappa shape index (κ3) is 4.53. The third-order valence-corrected chi connectivity index (χ3v) is 5.16. The van der Waals surface area contributed by atoms with E-state index in [0.29, 0.717) is 12.0 Å². The van der Waals surface area contributed by atoms with Gasteiger partial charge in [0.1, 0.15) is 0 Å². The van der Waals surface area contributed by atoms with Gasteiger partial charge in [-0.2, -0.15) is 0 Å². The van der Waals surface area contributed by atoms with Gasteiger partial charge >= 0.3 is 0 Å². The van der Waals surface area contributed by atoms with E-state index in [9.17, 15) is 0 Å². The van der Waals surface area contributed by atoms with E-state index >= 15 is 0 Å². The number of fused-ring (bicyclic) bond motifs is 1. The number of morpholine rings is 1. The van der Waals surface area contributed by atoms with E-state index < -0.39 is 0 Å². The number of benzene rings is 1. The highest BCUT2D eigenvalue weighted by Gasteiger charge is 2.25. The summed E-state index contributed by atoms with van der Waals surface area (Å²) in [6, 6.07) is 9.18. The standard InChI is InChI=1S/C20H32N4O/c1-16(2)14-18(23-10-12-25-13-11-23)15-22-20(21-3)24-9-8-17-6-4-5-7-19(17)24/h4-7,16,18H,8-15H2,1-3H3,(H,21,22). The average Bonchev–Trinajstić information content (AvgIpc) is 3.06. The highest BCUT2D eigenvalue weighted by molar-refractivity contribution is 5.97. The van der Waals surface area contributed by atoms with E-state index in [2.05, 4.69) is 58.2 Å². The number of nitrogens with one attached hydrogen (secondary N) is 1. The fourth-order valence-electron chi connectivity index (χ4n) is 3.91. The summed E-state index contributed by atoms with van der Waals surface area (Å²) in [5.74, 6) is 1.68. The fraction of sp³-hybridized carbons (Fsp3) is 0.650. The van der Waals surface area contributed by atoms with Crippen LogP contribution in [0.15, 0.2) is 29.3 Å². The Hall–Kier alpha value is -1.59. The molecular weight excluding hydrogens is 312 g/mol. The summed E-state index contributed by atoms with van der Waals surface area (Å²) < 4.78 is 5.53. The molecule has 0 spiro atoms. The maximum atomic E-state index is 5.53. The first-order chi connectivity index (χ1) is 12.2. The van der Waals surface area contributed by atoms with Crippen molar-refractivity contribution in [1.82, 2.24) is 10.2 Å². The highest BCUT2D eigenvalue weighted by atomic mass is 16.5. The molecule has 2 aliphatic rings. The predicted octanol–water partition coefficient (Wildman–Crippen LogP) is 2.37. The SMILES string of the molecule is CN=C(NCC(CC(C)C)N1CCOCC1)N1CCc2ccccc21. The zero-order chi connectivity index (χ0) is 17.6. The van der Waals surface area contributed by atoms with Crippen LogP contribution >= 0.6 is 0 Å². The van der Waals surface area contributed by atoms with Crippen LogP contribution in [0.25, 0.3) is 0 Å². The van der Waals surface area contributed by atoms with Crippen molar-refractivity contribution in [3.63, 3.8) is 0 Å². The van der Waals surface area contributed by atoms with Crippen LogP contribution in [0.3, 0.4) is 0 Å². The molecule has 1 N–H and O–H groups in total. The lowest BCUT2D eigenvalue weighted by Crippen LogP contribution is -2.51. The molecule has 1 aromatic rings. The zero-order valence-corrected chi connectivity index (χ0v) is 15.9. The minimum absolute atomic E-state index is 0.526. The highest BCUT2D eigenvalue weighted by Crippen LogP contribution is 2.27. The normalized spacial score (nSPS) is 20.0. The van der Waals surface area contributed by atoms with Crippen molar-refractivity contribution < 1.29 is 4.74 Å². The molecule has 25 heavy (non-hydrogen) atoms. The van der Waals surface area contributed by atoms with Crippen LogP contribution in [0.5, 0.6) is 0 Å². The van der Waals surface area contributed by atoms with Gasteiger partial charge in [0.25, 0.3) is 0 Å². The van der Waals surface area contributed by atoms with Gasteiger partial charge < -0.3 is 15.0 Å². The van der Waals surface area contributed by atoms with Gasteiger partial charge in [0.05, 0.1) is 13.2 Å². The van der Waals surface area contributed by atoms with E-state index in [1.54, 1.807) is 0 Å². The van der Waals surface area contributed by atoms with Crippen LogP contribution < -0.4 is 10.2 Å². The summed E-state index contributed by atoms with van der Waals surface area (Å²) in [6.45, 7) is 10.3. The minimum atomic E-state index is 0.526. The molecule has 0 aromatic heterocycles. The van der Waals surface area contributed by atoms with Gasteiger partial charge in [0.15, 0.2) is 5.96 Å². The summed E-state index contributed by atoms with van der Waals surface area (Å²) >= 11 is 0. The number of ether oxygens (including phenoxy) is 1. The number of anilines is 1. The molecule has 0 aliphatic carbocycles. The van der Waals surface area contributed by atoms with Crippen LogP contribution in [-0.4, -0.2) is 63.3 Å². The molecule has 5 heteroatoms.